The van der Waals surface area contributed by atoms with E-state index in [4.69, 9.17) is 5.73 Å². The van der Waals surface area contributed by atoms with Gasteiger partial charge in [-0.25, -0.2) is 0 Å². The van der Waals surface area contributed by atoms with Crippen LogP contribution in [0.1, 0.15) is 23.0 Å². The van der Waals surface area contributed by atoms with Crippen LogP contribution in [-0.2, 0) is 13.5 Å². The molecule has 0 aliphatic heterocycles. The number of pyridine rings is 1. The normalized spacial score (nSPS) is 12.7. The molecule has 2 rings (SSSR count). The number of rotatable bonds is 3. The summed E-state index contributed by atoms with van der Waals surface area (Å²) in [6.45, 7) is 1.96. The lowest BCUT2D eigenvalue weighted by atomic mass is 10.0. The Morgan fingerprint density at radius 1 is 1.50 bits per heavy atom. The summed E-state index contributed by atoms with van der Waals surface area (Å²) >= 11 is 0. The Morgan fingerprint density at radius 3 is 2.94 bits per heavy atom. The van der Waals surface area contributed by atoms with Crippen LogP contribution in [0.3, 0.4) is 0 Å². The summed E-state index contributed by atoms with van der Waals surface area (Å²) in [7, 11) is 1.85. The van der Waals surface area contributed by atoms with Crippen molar-refractivity contribution in [3.8, 4) is 0 Å². The molecule has 0 saturated carbocycles. The summed E-state index contributed by atoms with van der Waals surface area (Å²) < 4.78 is 1.68. The molecule has 0 aliphatic carbocycles. The lowest BCUT2D eigenvalue weighted by Crippen LogP contribution is -2.14. The molecule has 5 heteroatoms. The van der Waals surface area contributed by atoms with Gasteiger partial charge in [0.15, 0.2) is 0 Å². The van der Waals surface area contributed by atoms with Crippen LogP contribution in [-0.4, -0.2) is 20.0 Å². The van der Waals surface area contributed by atoms with E-state index in [-0.39, 0.29) is 6.04 Å². The molecule has 1 atom stereocenters. The predicted molar refractivity (Wildman–Crippen MR) is 60.6 cm³/mol. The van der Waals surface area contributed by atoms with Gasteiger partial charge in [-0.3, -0.25) is 9.67 Å². The van der Waals surface area contributed by atoms with Crippen molar-refractivity contribution in [3.05, 3.63) is 41.5 Å². The minimum absolute atomic E-state index is 0.0570. The topological polar surface area (TPSA) is 69.6 Å². The first kappa shape index (κ1) is 10.8. The second-order valence-corrected chi connectivity index (χ2v) is 3.92. The van der Waals surface area contributed by atoms with E-state index in [2.05, 4.69) is 15.3 Å². The highest BCUT2D eigenvalue weighted by atomic mass is 15.4. The Morgan fingerprint density at radius 2 is 2.31 bits per heavy atom. The SMILES string of the molecule is Cc1cc(C(N)Cc2cn(C)nn2)ccn1. The average molecular weight is 217 g/mol. The van der Waals surface area contributed by atoms with Crippen molar-refractivity contribution < 1.29 is 0 Å². The Kier molecular flexibility index (Phi) is 2.96. The van der Waals surface area contributed by atoms with E-state index < -0.39 is 0 Å². The summed E-state index contributed by atoms with van der Waals surface area (Å²) in [6.07, 6.45) is 4.35. The molecule has 84 valence electrons. The van der Waals surface area contributed by atoms with Crippen LogP contribution in [0.2, 0.25) is 0 Å². The van der Waals surface area contributed by atoms with Gasteiger partial charge in [0.05, 0.1) is 5.69 Å². The molecular formula is C11H15N5. The monoisotopic (exact) mass is 217 g/mol. The smallest absolute Gasteiger partial charge is 0.0845 e. The van der Waals surface area contributed by atoms with E-state index in [9.17, 15) is 0 Å². The van der Waals surface area contributed by atoms with Crippen LogP contribution in [0.15, 0.2) is 24.5 Å². The van der Waals surface area contributed by atoms with Gasteiger partial charge in [0.2, 0.25) is 0 Å². The lowest BCUT2D eigenvalue weighted by Gasteiger charge is -2.10. The van der Waals surface area contributed by atoms with Crippen LogP contribution in [0.25, 0.3) is 0 Å². The minimum atomic E-state index is -0.0570. The number of hydrogen-bond acceptors (Lipinski definition) is 4. The van der Waals surface area contributed by atoms with Crippen LogP contribution in [0, 0.1) is 6.92 Å². The first-order valence-corrected chi connectivity index (χ1v) is 5.18. The molecular weight excluding hydrogens is 202 g/mol. The van der Waals surface area contributed by atoms with E-state index in [0.717, 1.165) is 17.0 Å². The molecule has 1 unspecified atom stereocenters. The standard InChI is InChI=1S/C11H15N5/c1-8-5-9(3-4-13-8)11(12)6-10-7-16(2)15-14-10/h3-5,7,11H,6,12H2,1-2H3. The molecule has 2 aromatic rings. The molecule has 2 heterocycles. The van der Waals surface area contributed by atoms with E-state index in [1.807, 2.05) is 32.3 Å². The Labute approximate surface area is 94.3 Å². The zero-order valence-electron chi connectivity index (χ0n) is 9.46. The maximum absolute atomic E-state index is 6.10. The summed E-state index contributed by atoms with van der Waals surface area (Å²) in [5.41, 5.74) is 9.07. The maximum Gasteiger partial charge on any atom is 0.0845 e. The van der Waals surface area contributed by atoms with E-state index >= 15 is 0 Å². The highest BCUT2D eigenvalue weighted by molar-refractivity contribution is 5.20. The largest absolute Gasteiger partial charge is 0.324 e. The summed E-state index contributed by atoms with van der Waals surface area (Å²) in [4.78, 5) is 4.15. The number of nitrogens with two attached hydrogens (primary N) is 1. The molecule has 2 N–H and O–H groups in total. The van der Waals surface area contributed by atoms with Crippen LogP contribution in [0.4, 0.5) is 0 Å². The van der Waals surface area contributed by atoms with Crippen molar-refractivity contribution >= 4 is 0 Å². The number of hydrogen-bond donors (Lipinski definition) is 1. The number of aromatic nitrogens is 4. The van der Waals surface area contributed by atoms with Crippen molar-refractivity contribution in [2.24, 2.45) is 12.8 Å². The molecule has 0 bridgehead atoms. The minimum Gasteiger partial charge on any atom is -0.324 e. The predicted octanol–water partition coefficient (Wildman–Crippen LogP) is 0.761. The van der Waals surface area contributed by atoms with Gasteiger partial charge in [0.25, 0.3) is 0 Å². The van der Waals surface area contributed by atoms with Crippen LogP contribution < -0.4 is 5.73 Å². The highest BCUT2D eigenvalue weighted by Gasteiger charge is 2.09. The average Bonchev–Trinajstić information content (AvgIpc) is 2.64. The second kappa shape index (κ2) is 4.40. The molecule has 0 aromatic carbocycles. The Bertz CT molecular complexity index is 477. The molecule has 0 saturated heterocycles. The third-order valence-electron chi connectivity index (χ3n) is 2.43. The number of nitrogens with zero attached hydrogens (tertiary/aromatic N) is 4. The van der Waals surface area contributed by atoms with E-state index in [1.165, 1.54) is 0 Å². The van der Waals surface area contributed by atoms with Crippen molar-refractivity contribution in [1.29, 1.82) is 0 Å². The third-order valence-corrected chi connectivity index (χ3v) is 2.43. The second-order valence-electron chi connectivity index (χ2n) is 3.92. The van der Waals surface area contributed by atoms with Crippen molar-refractivity contribution in [1.82, 2.24) is 20.0 Å². The quantitative estimate of drug-likeness (QED) is 0.824. The first-order chi connectivity index (χ1) is 7.65. The van der Waals surface area contributed by atoms with E-state index in [0.29, 0.717) is 6.42 Å². The molecule has 0 spiro atoms. The van der Waals surface area contributed by atoms with Gasteiger partial charge in [0.1, 0.15) is 0 Å². The molecule has 0 aliphatic rings. The summed E-state index contributed by atoms with van der Waals surface area (Å²) in [6, 6.07) is 3.88. The van der Waals surface area contributed by atoms with Gasteiger partial charge in [0, 0.05) is 37.6 Å². The van der Waals surface area contributed by atoms with Gasteiger partial charge >= 0.3 is 0 Å². The lowest BCUT2D eigenvalue weighted by molar-refractivity contribution is 0.692. The molecule has 0 amide bonds. The van der Waals surface area contributed by atoms with E-state index in [1.54, 1.807) is 10.9 Å². The molecule has 2 aromatic heterocycles. The summed E-state index contributed by atoms with van der Waals surface area (Å²) in [5.74, 6) is 0. The fourth-order valence-electron chi connectivity index (χ4n) is 1.63. The highest BCUT2D eigenvalue weighted by Crippen LogP contribution is 2.14. The fraction of sp³-hybridized carbons (Fsp3) is 0.364. The van der Waals surface area contributed by atoms with Gasteiger partial charge < -0.3 is 5.73 Å². The maximum atomic E-state index is 6.10. The Balaban J connectivity index is 2.11. The molecule has 5 nitrogen and oxygen atoms in total. The zero-order valence-corrected chi connectivity index (χ0v) is 9.46. The van der Waals surface area contributed by atoms with Crippen molar-refractivity contribution in [2.45, 2.75) is 19.4 Å². The summed E-state index contributed by atoms with van der Waals surface area (Å²) in [5, 5.41) is 7.90. The van der Waals surface area contributed by atoms with Crippen molar-refractivity contribution in [2.75, 3.05) is 0 Å². The van der Waals surface area contributed by atoms with Gasteiger partial charge in [-0.2, -0.15) is 0 Å². The van der Waals surface area contributed by atoms with Crippen molar-refractivity contribution in [3.63, 3.8) is 0 Å². The fourth-order valence-corrected chi connectivity index (χ4v) is 1.63. The van der Waals surface area contributed by atoms with Crippen LogP contribution >= 0.6 is 0 Å². The Hall–Kier alpha value is -1.75. The molecule has 0 radical (unpaired) electrons. The zero-order chi connectivity index (χ0) is 11.5. The third kappa shape index (κ3) is 2.43. The van der Waals surface area contributed by atoms with Gasteiger partial charge in [-0.05, 0) is 24.6 Å². The molecule has 16 heavy (non-hydrogen) atoms. The van der Waals surface area contributed by atoms with Gasteiger partial charge in [-0.15, -0.1) is 5.10 Å². The first-order valence-electron chi connectivity index (χ1n) is 5.18. The van der Waals surface area contributed by atoms with Crippen LogP contribution in [0.5, 0.6) is 0 Å². The molecule has 0 fully saturated rings. The number of aryl methyl sites for hydroxylation is 2. The van der Waals surface area contributed by atoms with Gasteiger partial charge in [-0.1, -0.05) is 5.21 Å².